The van der Waals surface area contributed by atoms with E-state index in [0.717, 1.165) is 0 Å². The van der Waals surface area contributed by atoms with Gasteiger partial charge < -0.3 is 15.4 Å². The van der Waals surface area contributed by atoms with Crippen LogP contribution >= 0.6 is 0 Å². The molecule has 0 saturated carbocycles. The molecule has 2 aromatic carbocycles. The van der Waals surface area contributed by atoms with Gasteiger partial charge >= 0.3 is 0 Å². The molecule has 1 heterocycles. The van der Waals surface area contributed by atoms with Crippen molar-refractivity contribution < 1.29 is 14.3 Å². The normalized spacial score (nSPS) is 9.86. The number of hydrogen-bond acceptors (Lipinski definition) is 5. The van der Waals surface area contributed by atoms with E-state index in [9.17, 15) is 9.59 Å². The SMILES string of the molecule is COc1ccccc1NC(=O)c1cc(C(=O)Nc2cccc(C#N)c2)ccn1. The number of ether oxygens (including phenoxy) is 1. The molecule has 0 atom stereocenters. The molecule has 0 saturated heterocycles. The second-order valence-corrected chi connectivity index (χ2v) is 5.73. The third-order valence-corrected chi connectivity index (χ3v) is 3.86. The molecule has 0 unspecified atom stereocenters. The van der Waals surface area contributed by atoms with Gasteiger partial charge in [0, 0.05) is 17.4 Å². The van der Waals surface area contributed by atoms with Gasteiger partial charge in [0.15, 0.2) is 0 Å². The Balaban J connectivity index is 1.76. The maximum absolute atomic E-state index is 12.5. The average molecular weight is 372 g/mol. The van der Waals surface area contributed by atoms with Gasteiger partial charge in [-0.3, -0.25) is 14.6 Å². The number of carbonyl (C=O) groups is 2. The monoisotopic (exact) mass is 372 g/mol. The number of carbonyl (C=O) groups excluding carboxylic acids is 2. The van der Waals surface area contributed by atoms with E-state index in [1.54, 1.807) is 48.5 Å². The second-order valence-electron chi connectivity index (χ2n) is 5.73. The highest BCUT2D eigenvalue weighted by Gasteiger charge is 2.14. The molecule has 2 N–H and O–H groups in total. The van der Waals surface area contributed by atoms with Crippen molar-refractivity contribution in [3.63, 3.8) is 0 Å². The maximum atomic E-state index is 12.5. The Morgan fingerprint density at radius 3 is 2.61 bits per heavy atom. The van der Waals surface area contributed by atoms with Gasteiger partial charge in [-0.2, -0.15) is 5.26 Å². The molecule has 3 rings (SSSR count). The Hall–Kier alpha value is -4.18. The van der Waals surface area contributed by atoms with Gasteiger partial charge in [0.25, 0.3) is 11.8 Å². The lowest BCUT2D eigenvalue weighted by molar-refractivity contribution is 0.102. The van der Waals surface area contributed by atoms with Crippen LogP contribution in [0.1, 0.15) is 26.4 Å². The lowest BCUT2D eigenvalue weighted by Gasteiger charge is -2.10. The highest BCUT2D eigenvalue weighted by atomic mass is 16.5. The number of nitrogens with one attached hydrogen (secondary N) is 2. The van der Waals surface area contributed by atoms with Crippen LogP contribution in [0.3, 0.4) is 0 Å². The van der Waals surface area contributed by atoms with Crippen LogP contribution in [0.15, 0.2) is 66.9 Å². The number of rotatable bonds is 5. The Bertz CT molecular complexity index is 1070. The Morgan fingerprint density at radius 2 is 1.82 bits per heavy atom. The van der Waals surface area contributed by atoms with Gasteiger partial charge in [0.2, 0.25) is 0 Å². The standard InChI is InChI=1S/C21H16N4O3/c1-28-19-8-3-2-7-17(19)25-21(27)18-12-15(9-10-23-18)20(26)24-16-6-4-5-14(11-16)13-22/h2-12H,1H3,(H,24,26)(H,25,27). The third-order valence-electron chi connectivity index (χ3n) is 3.86. The van der Waals surface area contributed by atoms with Gasteiger partial charge in [-0.1, -0.05) is 18.2 Å². The summed E-state index contributed by atoms with van der Waals surface area (Å²) in [4.78, 5) is 29.0. The number of amides is 2. The third kappa shape index (κ3) is 4.31. The molecule has 1 aromatic heterocycles. The van der Waals surface area contributed by atoms with Crippen LogP contribution in [0.4, 0.5) is 11.4 Å². The average Bonchev–Trinajstić information content (AvgIpc) is 2.74. The highest BCUT2D eigenvalue weighted by Crippen LogP contribution is 2.23. The fourth-order valence-corrected chi connectivity index (χ4v) is 2.50. The number of nitriles is 1. The van der Waals surface area contributed by atoms with Crippen molar-refractivity contribution in [1.29, 1.82) is 5.26 Å². The molecule has 7 nitrogen and oxygen atoms in total. The molecule has 0 aliphatic carbocycles. The molecule has 0 spiro atoms. The van der Waals surface area contributed by atoms with E-state index in [4.69, 9.17) is 10.00 Å². The summed E-state index contributed by atoms with van der Waals surface area (Å²) in [5.41, 5.74) is 1.78. The Morgan fingerprint density at radius 1 is 1.00 bits per heavy atom. The van der Waals surface area contributed by atoms with Crippen molar-refractivity contribution in [3.8, 4) is 11.8 Å². The van der Waals surface area contributed by atoms with Crippen LogP contribution in [0, 0.1) is 11.3 Å². The highest BCUT2D eigenvalue weighted by molar-refractivity contribution is 6.08. The molecule has 0 fully saturated rings. The van der Waals surface area contributed by atoms with Crippen molar-refractivity contribution in [1.82, 2.24) is 4.98 Å². The van der Waals surface area contributed by atoms with Crippen molar-refractivity contribution >= 4 is 23.2 Å². The number of pyridine rings is 1. The van der Waals surface area contributed by atoms with E-state index in [1.165, 1.54) is 25.4 Å². The van der Waals surface area contributed by atoms with Crippen LogP contribution in [0.25, 0.3) is 0 Å². The van der Waals surface area contributed by atoms with Crippen LogP contribution < -0.4 is 15.4 Å². The molecule has 2 amide bonds. The fraction of sp³-hybridized carbons (Fsp3) is 0.0476. The van der Waals surface area contributed by atoms with E-state index in [2.05, 4.69) is 15.6 Å². The smallest absolute Gasteiger partial charge is 0.274 e. The summed E-state index contributed by atoms with van der Waals surface area (Å²) < 4.78 is 5.21. The van der Waals surface area contributed by atoms with Crippen LogP contribution in [0.5, 0.6) is 5.75 Å². The number of nitrogens with zero attached hydrogens (tertiary/aromatic N) is 2. The zero-order valence-corrected chi connectivity index (χ0v) is 15.0. The first-order valence-corrected chi connectivity index (χ1v) is 8.32. The summed E-state index contributed by atoms with van der Waals surface area (Å²) in [7, 11) is 1.51. The van der Waals surface area contributed by atoms with Crippen LogP contribution in [-0.4, -0.2) is 23.9 Å². The van der Waals surface area contributed by atoms with Gasteiger partial charge in [0.05, 0.1) is 24.4 Å². The minimum Gasteiger partial charge on any atom is -0.495 e. The predicted molar refractivity (Wildman–Crippen MR) is 104 cm³/mol. The van der Waals surface area contributed by atoms with E-state index < -0.39 is 11.8 Å². The van der Waals surface area contributed by atoms with Crippen molar-refractivity contribution in [2.75, 3.05) is 17.7 Å². The molecular weight excluding hydrogens is 356 g/mol. The lowest BCUT2D eigenvalue weighted by Crippen LogP contribution is -2.17. The van der Waals surface area contributed by atoms with E-state index in [1.807, 2.05) is 6.07 Å². The van der Waals surface area contributed by atoms with Crippen molar-refractivity contribution in [3.05, 3.63) is 83.7 Å². The largest absolute Gasteiger partial charge is 0.495 e. The number of aromatic nitrogens is 1. The molecule has 7 heteroatoms. The van der Waals surface area contributed by atoms with Gasteiger partial charge in [-0.05, 0) is 42.5 Å². The number of methoxy groups -OCH3 is 1. The first kappa shape index (κ1) is 18.6. The number of benzene rings is 2. The zero-order valence-electron chi connectivity index (χ0n) is 15.0. The topological polar surface area (TPSA) is 104 Å². The van der Waals surface area contributed by atoms with Gasteiger partial charge in [-0.25, -0.2) is 0 Å². The molecule has 138 valence electrons. The second kappa shape index (κ2) is 8.47. The van der Waals surface area contributed by atoms with E-state index in [-0.39, 0.29) is 11.3 Å². The van der Waals surface area contributed by atoms with Crippen molar-refractivity contribution in [2.24, 2.45) is 0 Å². The lowest BCUT2D eigenvalue weighted by atomic mass is 10.1. The van der Waals surface area contributed by atoms with Gasteiger partial charge in [0.1, 0.15) is 11.4 Å². The first-order chi connectivity index (χ1) is 13.6. The summed E-state index contributed by atoms with van der Waals surface area (Å²) in [5, 5.41) is 14.4. The van der Waals surface area contributed by atoms with Crippen LogP contribution in [0.2, 0.25) is 0 Å². The minimum atomic E-state index is -0.467. The molecule has 0 aliphatic rings. The molecule has 0 aliphatic heterocycles. The fourth-order valence-electron chi connectivity index (χ4n) is 2.50. The van der Waals surface area contributed by atoms with E-state index in [0.29, 0.717) is 22.7 Å². The summed E-state index contributed by atoms with van der Waals surface area (Å²) >= 11 is 0. The van der Waals surface area contributed by atoms with Gasteiger partial charge in [-0.15, -0.1) is 0 Å². The molecule has 3 aromatic rings. The quantitative estimate of drug-likeness (QED) is 0.714. The zero-order chi connectivity index (χ0) is 19.9. The molecular formula is C21H16N4O3. The maximum Gasteiger partial charge on any atom is 0.274 e. The predicted octanol–water partition coefficient (Wildman–Crippen LogP) is 3.47. The summed E-state index contributed by atoms with van der Waals surface area (Å²) in [6, 6.07) is 18.5. The minimum absolute atomic E-state index is 0.0873. The number of hydrogen-bond donors (Lipinski definition) is 2. The Labute approximate surface area is 161 Å². The molecule has 0 radical (unpaired) electrons. The first-order valence-electron chi connectivity index (χ1n) is 8.32. The summed E-state index contributed by atoms with van der Waals surface area (Å²) in [5.74, 6) is -0.364. The number of para-hydroxylation sites is 2. The molecule has 28 heavy (non-hydrogen) atoms. The summed E-state index contributed by atoms with van der Waals surface area (Å²) in [6.07, 6.45) is 1.39. The Kier molecular flexibility index (Phi) is 5.63. The number of anilines is 2. The van der Waals surface area contributed by atoms with E-state index >= 15 is 0 Å². The van der Waals surface area contributed by atoms with Crippen molar-refractivity contribution in [2.45, 2.75) is 0 Å². The summed E-state index contributed by atoms with van der Waals surface area (Å²) in [6.45, 7) is 0. The molecule has 0 bridgehead atoms. The van der Waals surface area contributed by atoms with Crippen LogP contribution in [-0.2, 0) is 0 Å².